The maximum atomic E-state index is 5.30. The van der Waals surface area contributed by atoms with E-state index in [9.17, 15) is 0 Å². The summed E-state index contributed by atoms with van der Waals surface area (Å²) in [5, 5.41) is 3.72. The number of methoxy groups -OCH3 is 1. The molecular weight excluding hydrogens is 210 g/mol. The molecule has 2 nitrogen and oxygen atoms in total. The maximum absolute atomic E-state index is 5.30. The smallest absolute Gasteiger partial charge is 0.0618 e. The summed E-state index contributed by atoms with van der Waals surface area (Å²) in [6, 6.07) is 0.627. The van der Waals surface area contributed by atoms with Crippen LogP contribution in [0.25, 0.3) is 0 Å². The highest BCUT2D eigenvalue weighted by Gasteiger charge is 2.30. The van der Waals surface area contributed by atoms with Gasteiger partial charge in [-0.15, -0.1) is 0 Å². The average Bonchev–Trinajstić information content (AvgIpc) is 3.15. The Morgan fingerprint density at radius 1 is 1.12 bits per heavy atom. The van der Waals surface area contributed by atoms with Gasteiger partial charge in [-0.25, -0.2) is 0 Å². The molecule has 2 saturated carbocycles. The van der Waals surface area contributed by atoms with Crippen LogP contribution in [-0.2, 0) is 4.74 Å². The monoisotopic (exact) mass is 239 g/mol. The van der Waals surface area contributed by atoms with Crippen molar-refractivity contribution in [3.05, 3.63) is 0 Å². The summed E-state index contributed by atoms with van der Waals surface area (Å²) < 4.78 is 5.30. The topological polar surface area (TPSA) is 21.3 Å². The Kier molecular flexibility index (Phi) is 5.30. The third kappa shape index (κ3) is 4.59. The largest absolute Gasteiger partial charge is 0.383 e. The van der Waals surface area contributed by atoms with Crippen LogP contribution in [0.2, 0.25) is 0 Å². The van der Waals surface area contributed by atoms with Crippen LogP contribution in [0, 0.1) is 17.8 Å². The molecule has 1 N–H and O–H groups in total. The molecule has 2 heteroatoms. The lowest BCUT2D eigenvalue weighted by molar-refractivity contribution is 0.155. The number of nitrogens with one attached hydrogen (secondary N) is 1. The van der Waals surface area contributed by atoms with Crippen molar-refractivity contribution in [2.24, 2.45) is 17.8 Å². The Balaban J connectivity index is 1.58. The quantitative estimate of drug-likeness (QED) is 0.736. The molecule has 0 radical (unpaired) electrons. The standard InChI is InChI=1S/C15H29NO/c1-12-3-5-13(6-4-12)9-10-16-15(11-17-2)14-7-8-14/h12-16H,3-11H2,1-2H3. The Hall–Kier alpha value is -0.0800. The van der Waals surface area contributed by atoms with E-state index >= 15 is 0 Å². The fraction of sp³-hybridized carbons (Fsp3) is 1.00. The first-order chi connectivity index (χ1) is 8.29. The molecule has 2 aliphatic rings. The minimum absolute atomic E-state index is 0.627. The minimum Gasteiger partial charge on any atom is -0.383 e. The number of rotatable bonds is 7. The molecule has 2 aliphatic carbocycles. The van der Waals surface area contributed by atoms with Crippen LogP contribution in [0.3, 0.4) is 0 Å². The lowest BCUT2D eigenvalue weighted by atomic mass is 9.81. The van der Waals surface area contributed by atoms with Crippen LogP contribution >= 0.6 is 0 Å². The van der Waals surface area contributed by atoms with Crippen LogP contribution in [0.1, 0.15) is 51.9 Å². The fourth-order valence-electron chi connectivity index (χ4n) is 3.13. The third-order valence-electron chi connectivity index (χ3n) is 4.63. The molecule has 17 heavy (non-hydrogen) atoms. The van der Waals surface area contributed by atoms with Crippen LogP contribution < -0.4 is 5.32 Å². The van der Waals surface area contributed by atoms with Gasteiger partial charge in [0.05, 0.1) is 6.61 Å². The van der Waals surface area contributed by atoms with Gasteiger partial charge >= 0.3 is 0 Å². The van der Waals surface area contributed by atoms with Crippen LogP contribution in [0.5, 0.6) is 0 Å². The van der Waals surface area contributed by atoms with E-state index in [0.29, 0.717) is 6.04 Å². The van der Waals surface area contributed by atoms with Crippen molar-refractivity contribution >= 4 is 0 Å². The minimum atomic E-state index is 0.627. The predicted molar refractivity (Wildman–Crippen MR) is 72.1 cm³/mol. The van der Waals surface area contributed by atoms with Crippen molar-refractivity contribution in [2.75, 3.05) is 20.3 Å². The average molecular weight is 239 g/mol. The van der Waals surface area contributed by atoms with Gasteiger partial charge in [-0.05, 0) is 43.6 Å². The highest BCUT2D eigenvalue weighted by atomic mass is 16.5. The van der Waals surface area contributed by atoms with Gasteiger partial charge < -0.3 is 10.1 Å². The van der Waals surface area contributed by atoms with Gasteiger partial charge in [0.15, 0.2) is 0 Å². The van der Waals surface area contributed by atoms with Gasteiger partial charge in [0.1, 0.15) is 0 Å². The fourth-order valence-corrected chi connectivity index (χ4v) is 3.13. The normalized spacial score (nSPS) is 31.4. The molecule has 1 atom stereocenters. The second kappa shape index (κ2) is 6.75. The zero-order valence-electron chi connectivity index (χ0n) is 11.6. The maximum Gasteiger partial charge on any atom is 0.0618 e. The highest BCUT2D eigenvalue weighted by molar-refractivity contribution is 4.86. The summed E-state index contributed by atoms with van der Waals surface area (Å²) in [5.41, 5.74) is 0. The van der Waals surface area contributed by atoms with Crippen LogP contribution in [-0.4, -0.2) is 26.3 Å². The molecule has 0 saturated heterocycles. The lowest BCUT2D eigenvalue weighted by Crippen LogP contribution is -2.36. The summed E-state index contributed by atoms with van der Waals surface area (Å²) in [6.45, 7) is 4.49. The van der Waals surface area contributed by atoms with Gasteiger partial charge in [-0.3, -0.25) is 0 Å². The van der Waals surface area contributed by atoms with E-state index in [1.807, 2.05) is 7.11 Å². The van der Waals surface area contributed by atoms with Gasteiger partial charge in [0, 0.05) is 13.2 Å². The summed E-state index contributed by atoms with van der Waals surface area (Å²) in [4.78, 5) is 0. The molecule has 2 rings (SSSR count). The Bertz CT molecular complexity index is 207. The molecule has 0 aromatic heterocycles. The Labute approximate surface area is 107 Å². The molecular formula is C15H29NO. The van der Waals surface area contributed by atoms with Crippen molar-refractivity contribution in [3.63, 3.8) is 0 Å². The predicted octanol–water partition coefficient (Wildman–Crippen LogP) is 3.22. The molecule has 0 aromatic carbocycles. The van der Waals surface area contributed by atoms with E-state index < -0.39 is 0 Å². The van der Waals surface area contributed by atoms with Gasteiger partial charge in [0.25, 0.3) is 0 Å². The Morgan fingerprint density at radius 2 is 1.82 bits per heavy atom. The first-order valence-electron chi connectivity index (χ1n) is 7.52. The molecule has 2 fully saturated rings. The van der Waals surface area contributed by atoms with E-state index in [-0.39, 0.29) is 0 Å². The second-order valence-electron chi connectivity index (χ2n) is 6.27. The van der Waals surface area contributed by atoms with E-state index in [4.69, 9.17) is 4.74 Å². The van der Waals surface area contributed by atoms with Gasteiger partial charge in [-0.2, -0.15) is 0 Å². The Morgan fingerprint density at radius 3 is 2.41 bits per heavy atom. The van der Waals surface area contributed by atoms with E-state index in [1.165, 1.54) is 51.5 Å². The van der Waals surface area contributed by atoms with Crippen molar-refractivity contribution < 1.29 is 4.74 Å². The van der Waals surface area contributed by atoms with Crippen molar-refractivity contribution in [1.29, 1.82) is 0 Å². The zero-order chi connectivity index (χ0) is 12.1. The number of ether oxygens (including phenoxy) is 1. The van der Waals surface area contributed by atoms with Crippen molar-refractivity contribution in [3.8, 4) is 0 Å². The first kappa shape index (κ1) is 13.4. The molecule has 1 unspecified atom stereocenters. The SMILES string of the molecule is COCC(NCCC1CCC(C)CC1)C1CC1. The summed E-state index contributed by atoms with van der Waals surface area (Å²) in [7, 11) is 1.82. The van der Waals surface area contributed by atoms with Crippen molar-refractivity contribution in [2.45, 2.75) is 57.9 Å². The van der Waals surface area contributed by atoms with Crippen LogP contribution in [0.4, 0.5) is 0 Å². The second-order valence-corrected chi connectivity index (χ2v) is 6.27. The molecule has 0 spiro atoms. The van der Waals surface area contributed by atoms with Crippen LogP contribution in [0.15, 0.2) is 0 Å². The highest BCUT2D eigenvalue weighted by Crippen LogP contribution is 2.33. The van der Waals surface area contributed by atoms with Crippen molar-refractivity contribution in [1.82, 2.24) is 5.32 Å². The van der Waals surface area contributed by atoms with E-state index in [1.54, 1.807) is 0 Å². The summed E-state index contributed by atoms with van der Waals surface area (Å²) in [6.07, 6.45) is 10.0. The number of hydrogen-bond acceptors (Lipinski definition) is 2. The summed E-state index contributed by atoms with van der Waals surface area (Å²) in [5.74, 6) is 2.87. The molecule has 0 aliphatic heterocycles. The molecule has 100 valence electrons. The van der Waals surface area contributed by atoms with E-state index in [2.05, 4.69) is 12.2 Å². The summed E-state index contributed by atoms with van der Waals surface area (Å²) >= 11 is 0. The van der Waals surface area contributed by atoms with Gasteiger partial charge in [0.2, 0.25) is 0 Å². The first-order valence-corrected chi connectivity index (χ1v) is 7.52. The van der Waals surface area contributed by atoms with Gasteiger partial charge in [-0.1, -0.05) is 32.6 Å². The van der Waals surface area contributed by atoms with E-state index in [0.717, 1.165) is 24.4 Å². The lowest BCUT2D eigenvalue weighted by Gasteiger charge is -2.27. The molecule has 0 amide bonds. The molecule has 0 heterocycles. The molecule has 0 bridgehead atoms. The zero-order valence-corrected chi connectivity index (χ0v) is 11.6. The molecule has 0 aromatic rings. The number of hydrogen-bond donors (Lipinski definition) is 1. The third-order valence-corrected chi connectivity index (χ3v) is 4.63.